The normalized spacial score (nSPS) is 19.9. The molecule has 12 nitrogen and oxygen atoms in total. The topological polar surface area (TPSA) is 211 Å². The molecule has 0 radical (unpaired) electrons. The van der Waals surface area contributed by atoms with Crippen LogP contribution in [-0.2, 0) is 19.2 Å². The number of Topliss-reactive ketones (excluding diaryl/α,β-unsaturated/α-hetero) is 1. The zero-order chi connectivity index (χ0) is 17.4. The van der Waals surface area contributed by atoms with Crippen LogP contribution < -0.4 is 10.6 Å². The van der Waals surface area contributed by atoms with Gasteiger partial charge in [-0.3, -0.25) is 25.0 Å². The smallest absolute Gasteiger partial charge is 0.328 e. The van der Waals surface area contributed by atoms with E-state index in [9.17, 15) is 24.0 Å². The molecule has 1 saturated heterocycles. The average Bonchev–Trinajstić information content (AvgIpc) is 2.49. The fourth-order valence-electron chi connectivity index (χ4n) is 1.07. The van der Waals surface area contributed by atoms with Gasteiger partial charge in [-0.15, -0.1) is 0 Å². The van der Waals surface area contributed by atoms with Crippen LogP contribution in [0.15, 0.2) is 0 Å². The molecule has 1 heterocycles. The van der Waals surface area contributed by atoms with E-state index in [2.05, 4.69) is 0 Å². The van der Waals surface area contributed by atoms with Crippen LogP contribution in [0.4, 0.5) is 4.79 Å². The molecule has 22 heavy (non-hydrogen) atoms. The predicted molar refractivity (Wildman–Crippen MR) is 63.9 cm³/mol. The molecule has 0 bridgehead atoms. The number of aliphatic hydroxyl groups excluding tert-OH is 5. The maximum Gasteiger partial charge on any atom is 0.328 e. The Morgan fingerprint density at radius 2 is 1.36 bits per heavy atom. The number of carbonyl (C=O) groups excluding carboxylic acids is 5. The number of ketones is 1. The van der Waals surface area contributed by atoms with Gasteiger partial charge in [0, 0.05) is 0 Å². The Morgan fingerprint density at radius 1 is 0.909 bits per heavy atom. The zero-order valence-electron chi connectivity index (χ0n) is 10.9. The summed E-state index contributed by atoms with van der Waals surface area (Å²) in [7, 11) is 0. The fourth-order valence-corrected chi connectivity index (χ4v) is 1.07. The molecule has 12 heteroatoms. The van der Waals surface area contributed by atoms with Crippen molar-refractivity contribution in [2.24, 2.45) is 0 Å². The van der Waals surface area contributed by atoms with Crippen LogP contribution in [0.1, 0.15) is 0 Å². The maximum absolute atomic E-state index is 10.3. The number of hydrogen-bond donors (Lipinski definition) is 7. The van der Waals surface area contributed by atoms with Gasteiger partial charge in [0.2, 0.25) is 0 Å². The summed E-state index contributed by atoms with van der Waals surface area (Å²) in [5.41, 5.74) is 0. The molecule has 0 aromatic carbocycles. The maximum atomic E-state index is 10.3. The van der Waals surface area contributed by atoms with E-state index >= 15 is 0 Å². The third kappa shape index (κ3) is 5.63. The summed E-state index contributed by atoms with van der Waals surface area (Å²) in [5.74, 6) is -3.62. The first-order valence-corrected chi connectivity index (χ1v) is 5.64. The number of urea groups is 1. The van der Waals surface area contributed by atoms with Crippen LogP contribution in [0.3, 0.4) is 0 Å². The largest absolute Gasteiger partial charge is 0.394 e. The van der Waals surface area contributed by atoms with Gasteiger partial charge in [-0.1, -0.05) is 0 Å². The Kier molecular flexibility index (Phi) is 8.00. The summed E-state index contributed by atoms with van der Waals surface area (Å²) in [6.07, 6.45) is -6.84. The molecule has 124 valence electrons. The minimum absolute atomic E-state index is 0.0258. The first kappa shape index (κ1) is 19.8. The number of aldehydes is 1. The number of aliphatic hydroxyl groups is 5. The minimum atomic E-state index is -1.79. The lowest BCUT2D eigenvalue weighted by atomic mass is 10.0. The van der Waals surface area contributed by atoms with Gasteiger partial charge in [0.1, 0.15) is 24.4 Å². The second-order valence-electron chi connectivity index (χ2n) is 3.92. The van der Waals surface area contributed by atoms with Gasteiger partial charge in [0.05, 0.1) is 6.61 Å². The van der Waals surface area contributed by atoms with E-state index in [0.717, 1.165) is 0 Å². The SMILES string of the molecule is O=C1NC(=O)C(=O)C(=O)N1.O=C[C@H](O)[C@@H](O)[C@H](O)[C@H](O)CO. The highest BCUT2D eigenvalue weighted by Gasteiger charge is 2.31. The average molecular weight is 322 g/mol. The van der Waals surface area contributed by atoms with E-state index in [1.807, 2.05) is 0 Å². The van der Waals surface area contributed by atoms with E-state index in [-0.39, 0.29) is 6.29 Å². The summed E-state index contributed by atoms with van der Waals surface area (Å²) >= 11 is 0. The molecule has 0 aromatic heterocycles. The van der Waals surface area contributed by atoms with Crippen molar-refractivity contribution in [2.45, 2.75) is 24.4 Å². The molecule has 0 aliphatic carbocycles. The lowest BCUT2D eigenvalue weighted by Gasteiger charge is -2.22. The molecule has 0 unspecified atom stereocenters. The van der Waals surface area contributed by atoms with Crippen LogP contribution in [0.5, 0.6) is 0 Å². The Labute approximate surface area is 122 Å². The minimum Gasteiger partial charge on any atom is -0.394 e. The molecule has 1 aliphatic rings. The van der Waals surface area contributed by atoms with E-state index in [0.29, 0.717) is 0 Å². The number of imide groups is 2. The van der Waals surface area contributed by atoms with E-state index < -0.39 is 54.7 Å². The second-order valence-corrected chi connectivity index (χ2v) is 3.92. The first-order chi connectivity index (χ1) is 10.1. The molecule has 1 fully saturated rings. The number of barbiturate groups is 1. The summed E-state index contributed by atoms with van der Waals surface area (Å²) < 4.78 is 0. The number of hydrogen-bond acceptors (Lipinski definition) is 10. The van der Waals surface area contributed by atoms with Gasteiger partial charge in [-0.25, -0.2) is 4.79 Å². The first-order valence-electron chi connectivity index (χ1n) is 5.64. The molecular formula is C10H14N2O10. The highest BCUT2D eigenvalue weighted by Crippen LogP contribution is 2.02. The van der Waals surface area contributed by atoms with Crippen molar-refractivity contribution in [2.75, 3.05) is 6.61 Å². The number of rotatable bonds is 5. The summed E-state index contributed by atoms with van der Waals surface area (Å²) in [5, 5.41) is 46.7. The molecule has 4 amide bonds. The van der Waals surface area contributed by atoms with E-state index in [1.165, 1.54) is 0 Å². The third-order valence-corrected chi connectivity index (χ3v) is 2.29. The summed E-state index contributed by atoms with van der Waals surface area (Å²) in [4.78, 5) is 50.9. The molecule has 1 aliphatic heterocycles. The van der Waals surface area contributed by atoms with Crippen molar-refractivity contribution in [1.29, 1.82) is 0 Å². The quantitative estimate of drug-likeness (QED) is 0.188. The summed E-state index contributed by atoms with van der Waals surface area (Å²) in [6, 6.07) is -0.963. The lowest BCUT2D eigenvalue weighted by molar-refractivity contribution is -0.146. The molecule has 4 atom stereocenters. The van der Waals surface area contributed by atoms with Crippen LogP contribution >= 0.6 is 0 Å². The monoisotopic (exact) mass is 322 g/mol. The Bertz CT molecular complexity index is 443. The molecule has 0 spiro atoms. The van der Waals surface area contributed by atoms with Crippen molar-refractivity contribution in [3.05, 3.63) is 0 Å². The third-order valence-electron chi connectivity index (χ3n) is 2.29. The van der Waals surface area contributed by atoms with Crippen LogP contribution in [0.25, 0.3) is 0 Å². The van der Waals surface area contributed by atoms with Gasteiger partial charge in [-0.05, 0) is 0 Å². The van der Waals surface area contributed by atoms with Crippen molar-refractivity contribution in [3.63, 3.8) is 0 Å². The number of nitrogens with one attached hydrogen (secondary N) is 2. The van der Waals surface area contributed by atoms with Crippen LogP contribution in [-0.4, -0.2) is 86.5 Å². The van der Waals surface area contributed by atoms with Crippen LogP contribution in [0, 0.1) is 0 Å². The summed E-state index contributed by atoms with van der Waals surface area (Å²) in [6.45, 7) is -0.760. The van der Waals surface area contributed by atoms with Gasteiger partial charge in [0.15, 0.2) is 6.29 Å². The van der Waals surface area contributed by atoms with E-state index in [1.54, 1.807) is 10.6 Å². The van der Waals surface area contributed by atoms with Gasteiger partial charge in [0.25, 0.3) is 0 Å². The number of carbonyl (C=O) groups is 5. The standard InChI is InChI=1S/C6H12O6.C4H2N2O4/c7-1-3(9)5(11)6(12)4(10)2-8;7-1-2(8)5-4(10)6-3(1)9/h1,3-6,8-12H,2H2;(H2,5,6,8,9,10)/t3-,4+,5+,6+;/m0./s1. The lowest BCUT2D eigenvalue weighted by Crippen LogP contribution is -2.56. The number of amides is 4. The zero-order valence-corrected chi connectivity index (χ0v) is 10.9. The molecule has 7 N–H and O–H groups in total. The Morgan fingerprint density at radius 3 is 1.73 bits per heavy atom. The van der Waals surface area contributed by atoms with Gasteiger partial charge < -0.3 is 30.3 Å². The van der Waals surface area contributed by atoms with Crippen molar-refractivity contribution < 1.29 is 49.5 Å². The fraction of sp³-hybridized carbons (Fsp3) is 0.500. The van der Waals surface area contributed by atoms with Crippen molar-refractivity contribution in [3.8, 4) is 0 Å². The van der Waals surface area contributed by atoms with Gasteiger partial charge in [-0.2, -0.15) is 0 Å². The predicted octanol–water partition coefficient (Wildman–Crippen LogP) is -5.46. The van der Waals surface area contributed by atoms with Crippen LogP contribution in [0.2, 0.25) is 0 Å². The van der Waals surface area contributed by atoms with Crippen molar-refractivity contribution >= 4 is 29.9 Å². The highest BCUT2D eigenvalue weighted by atomic mass is 16.4. The highest BCUT2D eigenvalue weighted by molar-refractivity contribution is 6.66. The molecule has 0 saturated carbocycles. The van der Waals surface area contributed by atoms with Crippen molar-refractivity contribution in [1.82, 2.24) is 10.6 Å². The molecular weight excluding hydrogens is 308 g/mol. The Balaban J connectivity index is 0.000000406. The Hall–Kier alpha value is -2.25. The second kappa shape index (κ2) is 8.91. The van der Waals surface area contributed by atoms with E-state index in [4.69, 9.17) is 25.5 Å². The van der Waals surface area contributed by atoms with Gasteiger partial charge >= 0.3 is 23.6 Å². The molecule has 1 rings (SSSR count). The molecule has 0 aromatic rings.